The number of rotatable bonds is 16. The molecule has 198 valence electrons. The Balaban J connectivity index is 1.56. The topological polar surface area (TPSA) is 90.5 Å². The summed E-state index contributed by atoms with van der Waals surface area (Å²) in [5, 5.41) is 0. The lowest BCUT2D eigenvalue weighted by atomic mass is 9.84. The van der Waals surface area contributed by atoms with Crippen LogP contribution in [0.15, 0.2) is 12.8 Å². The second-order valence-corrected chi connectivity index (χ2v) is 10.9. The Morgan fingerprint density at radius 1 is 0.857 bits per heavy atom. The minimum atomic E-state index is -0.531. The van der Waals surface area contributed by atoms with E-state index in [-0.39, 0.29) is 42.4 Å². The zero-order valence-electron chi connectivity index (χ0n) is 22.3. The Kier molecular flexibility index (Phi) is 10.3. The van der Waals surface area contributed by atoms with Gasteiger partial charge in [0.05, 0.1) is 0 Å². The lowest BCUT2D eigenvalue weighted by Gasteiger charge is -2.33. The van der Waals surface area contributed by atoms with Crippen LogP contribution in [-0.2, 0) is 14.3 Å². The average molecular weight is 493 g/mol. The maximum Gasteiger partial charge on any atom is 0.331 e. The van der Waals surface area contributed by atoms with Crippen LogP contribution in [0, 0.1) is 5.41 Å². The third-order valence-electron chi connectivity index (χ3n) is 7.06. The zero-order valence-corrected chi connectivity index (χ0v) is 22.3. The van der Waals surface area contributed by atoms with E-state index in [2.05, 4.69) is 20.4 Å². The largest absolute Gasteiger partial charge is 0.381 e. The van der Waals surface area contributed by atoms with Gasteiger partial charge in [0, 0.05) is 38.0 Å². The molecule has 9 heteroatoms. The molecule has 9 nitrogen and oxygen atoms in total. The number of nitrogens with zero attached hydrogens (tertiary/aromatic N) is 4. The highest BCUT2D eigenvalue weighted by Gasteiger charge is 2.43. The van der Waals surface area contributed by atoms with Crippen molar-refractivity contribution >= 4 is 23.9 Å². The number of hydrogen-bond donors (Lipinski definition) is 0. The summed E-state index contributed by atoms with van der Waals surface area (Å²) in [5.41, 5.74) is -0.478. The molecule has 0 saturated carbocycles. The number of ether oxygens (including phenoxy) is 1. The van der Waals surface area contributed by atoms with Crippen LogP contribution in [0.3, 0.4) is 0 Å². The fourth-order valence-electron chi connectivity index (χ4n) is 4.64. The Morgan fingerprint density at radius 3 is 2.03 bits per heavy atom. The molecule has 0 spiro atoms. The summed E-state index contributed by atoms with van der Waals surface area (Å²) < 4.78 is 5.79. The van der Waals surface area contributed by atoms with Gasteiger partial charge < -0.3 is 9.64 Å². The van der Waals surface area contributed by atoms with Gasteiger partial charge in [-0.05, 0) is 64.7 Å². The molecule has 0 aromatic rings. The number of amides is 6. The van der Waals surface area contributed by atoms with Gasteiger partial charge in [0.25, 0.3) is 5.91 Å². The second-order valence-electron chi connectivity index (χ2n) is 10.9. The van der Waals surface area contributed by atoms with E-state index in [1.807, 2.05) is 20.8 Å². The van der Waals surface area contributed by atoms with E-state index in [9.17, 15) is 19.2 Å². The summed E-state index contributed by atoms with van der Waals surface area (Å²) in [6.45, 7) is 16.4. The van der Waals surface area contributed by atoms with Crippen molar-refractivity contribution in [3.8, 4) is 0 Å². The minimum Gasteiger partial charge on any atom is -0.381 e. The molecule has 0 atom stereocenters. The maximum absolute atomic E-state index is 12.4. The number of hydrogen-bond acceptors (Lipinski definition) is 5. The predicted molar refractivity (Wildman–Crippen MR) is 134 cm³/mol. The van der Waals surface area contributed by atoms with Gasteiger partial charge in [-0.2, -0.15) is 0 Å². The lowest BCUT2D eigenvalue weighted by molar-refractivity contribution is -0.129. The summed E-state index contributed by atoms with van der Waals surface area (Å²) >= 11 is 0. The molecule has 2 fully saturated rings. The molecular weight excluding hydrogens is 448 g/mol. The van der Waals surface area contributed by atoms with Crippen molar-refractivity contribution in [1.82, 2.24) is 19.6 Å². The van der Waals surface area contributed by atoms with Crippen LogP contribution >= 0.6 is 0 Å². The van der Waals surface area contributed by atoms with Crippen LogP contribution in [0.4, 0.5) is 9.59 Å². The molecule has 2 heterocycles. The van der Waals surface area contributed by atoms with Gasteiger partial charge in [-0.15, -0.1) is 0 Å². The van der Waals surface area contributed by atoms with Crippen molar-refractivity contribution in [3.05, 3.63) is 12.8 Å². The summed E-state index contributed by atoms with van der Waals surface area (Å²) in [6, 6.07) is -0.460. The Bertz CT molecular complexity index is 795. The first-order chi connectivity index (χ1) is 16.4. The number of carbonyl (C=O) groups excluding carboxylic acids is 4. The van der Waals surface area contributed by atoms with Crippen LogP contribution < -0.4 is 0 Å². The van der Waals surface area contributed by atoms with Gasteiger partial charge >= 0.3 is 12.1 Å². The molecule has 0 unspecified atom stereocenters. The van der Waals surface area contributed by atoms with Gasteiger partial charge in [0.2, 0.25) is 5.91 Å². The molecule has 2 rings (SSSR count). The zero-order chi connectivity index (χ0) is 26.2. The van der Waals surface area contributed by atoms with E-state index in [0.717, 1.165) is 44.9 Å². The number of unbranched alkanes of at least 4 members (excludes halogenated alkanes) is 2. The van der Waals surface area contributed by atoms with Gasteiger partial charge in [-0.1, -0.05) is 26.8 Å². The lowest BCUT2D eigenvalue weighted by Crippen LogP contribution is -2.48. The van der Waals surface area contributed by atoms with Crippen LogP contribution in [0.5, 0.6) is 0 Å². The first-order valence-corrected chi connectivity index (χ1v) is 12.9. The molecule has 2 aliphatic rings. The Hall–Kier alpha value is -2.42. The van der Waals surface area contributed by atoms with E-state index >= 15 is 0 Å². The van der Waals surface area contributed by atoms with E-state index in [1.165, 1.54) is 20.9 Å². The summed E-state index contributed by atoms with van der Waals surface area (Å²) in [7, 11) is 0. The van der Waals surface area contributed by atoms with Crippen LogP contribution in [-0.4, -0.2) is 88.4 Å². The monoisotopic (exact) mass is 492 g/mol. The standard InChI is InChI=1S/C26H44N4O5/c1-7-27-19-21(31)29(23(27)33)16-15-25(3,4)13-9-11-17-35-18-12-10-14-26(5,6)30-22(32)20-28(8-2)24(30)34/h8H,2,7,9-20H2,1,3-6H3. The van der Waals surface area contributed by atoms with Crippen molar-refractivity contribution in [2.45, 2.75) is 85.1 Å². The highest BCUT2D eigenvalue weighted by atomic mass is 16.5. The van der Waals surface area contributed by atoms with E-state index in [0.29, 0.717) is 26.3 Å². The minimum absolute atomic E-state index is 0.0530. The van der Waals surface area contributed by atoms with E-state index < -0.39 is 5.54 Å². The fourth-order valence-corrected chi connectivity index (χ4v) is 4.64. The highest BCUT2D eigenvalue weighted by Crippen LogP contribution is 2.29. The van der Waals surface area contributed by atoms with Gasteiger partial charge in [-0.3, -0.25) is 24.3 Å². The van der Waals surface area contributed by atoms with Crippen LogP contribution in [0.25, 0.3) is 0 Å². The molecule has 0 radical (unpaired) electrons. The molecular formula is C26H44N4O5. The Labute approximate surface area is 210 Å². The first kappa shape index (κ1) is 28.8. The summed E-state index contributed by atoms with van der Waals surface area (Å²) in [5.74, 6) is -0.276. The molecule has 35 heavy (non-hydrogen) atoms. The summed E-state index contributed by atoms with van der Waals surface area (Å²) in [6.07, 6.45) is 7.68. The third kappa shape index (κ3) is 7.78. The quantitative estimate of drug-likeness (QED) is 0.238. The molecule has 0 aromatic heterocycles. The molecule has 0 bridgehead atoms. The molecule has 0 aliphatic carbocycles. The first-order valence-electron chi connectivity index (χ1n) is 12.9. The van der Waals surface area contributed by atoms with Crippen molar-refractivity contribution in [2.24, 2.45) is 5.41 Å². The summed E-state index contributed by atoms with van der Waals surface area (Å²) in [4.78, 5) is 54.5. The second kappa shape index (κ2) is 12.5. The number of imide groups is 2. The highest BCUT2D eigenvalue weighted by molar-refractivity contribution is 6.03. The van der Waals surface area contributed by atoms with Gasteiger partial charge in [-0.25, -0.2) is 9.59 Å². The van der Waals surface area contributed by atoms with Gasteiger partial charge in [0.15, 0.2) is 0 Å². The van der Waals surface area contributed by atoms with Crippen molar-refractivity contribution in [3.63, 3.8) is 0 Å². The number of urea groups is 2. The van der Waals surface area contributed by atoms with Crippen molar-refractivity contribution in [2.75, 3.05) is 39.4 Å². The smallest absolute Gasteiger partial charge is 0.331 e. The van der Waals surface area contributed by atoms with Crippen LogP contribution in [0.2, 0.25) is 0 Å². The number of likely N-dealkylation sites (N-methyl/N-ethyl adjacent to an activating group) is 1. The molecule has 2 aliphatic heterocycles. The third-order valence-corrected chi connectivity index (χ3v) is 7.06. The normalized spacial score (nSPS) is 17.4. The molecule has 2 saturated heterocycles. The maximum atomic E-state index is 12.4. The Morgan fingerprint density at radius 2 is 1.49 bits per heavy atom. The molecule has 0 N–H and O–H groups in total. The molecule has 0 aromatic carbocycles. The van der Waals surface area contributed by atoms with Gasteiger partial charge in [0.1, 0.15) is 13.1 Å². The van der Waals surface area contributed by atoms with Crippen LogP contribution in [0.1, 0.15) is 79.6 Å². The number of carbonyl (C=O) groups is 4. The SMILES string of the molecule is C=CN1CC(=O)N(C(C)(C)CCCCOCCCCC(C)(C)CCN2C(=O)CN(CC)C2=O)C1=O. The average Bonchev–Trinajstić information content (AvgIpc) is 3.24. The van der Waals surface area contributed by atoms with E-state index in [4.69, 9.17) is 4.74 Å². The van der Waals surface area contributed by atoms with E-state index in [1.54, 1.807) is 4.90 Å². The van der Waals surface area contributed by atoms with Crippen molar-refractivity contribution < 1.29 is 23.9 Å². The van der Waals surface area contributed by atoms with Crippen molar-refractivity contribution in [1.29, 1.82) is 0 Å². The fraction of sp³-hybridized carbons (Fsp3) is 0.769. The predicted octanol–water partition coefficient (Wildman–Crippen LogP) is 4.23. The molecule has 6 amide bonds.